The molecule has 0 spiro atoms. The van der Waals surface area contributed by atoms with E-state index >= 15 is 0 Å². The van der Waals surface area contributed by atoms with Gasteiger partial charge in [0.25, 0.3) is 5.91 Å². The van der Waals surface area contributed by atoms with Crippen LogP contribution >= 0.6 is 15.9 Å². The van der Waals surface area contributed by atoms with Gasteiger partial charge in [0.05, 0.1) is 37.9 Å². The maximum Gasteiger partial charge on any atom is 0.271 e. The molecule has 0 saturated heterocycles. The molecule has 8 heteroatoms. The van der Waals surface area contributed by atoms with Crippen molar-refractivity contribution in [3.05, 3.63) is 124 Å². The number of halogens is 1. The quantitative estimate of drug-likeness (QED) is 0.188. The fourth-order valence-corrected chi connectivity index (χ4v) is 4.60. The minimum Gasteiger partial charge on any atom is -0.497 e. The number of hydrazone groups is 2. The first-order valence-corrected chi connectivity index (χ1v) is 13.2. The molecule has 0 saturated carbocycles. The molecule has 1 N–H and O–H groups in total. The highest BCUT2D eigenvalue weighted by Crippen LogP contribution is 2.37. The van der Waals surface area contributed by atoms with E-state index in [1.807, 2.05) is 48.5 Å². The zero-order chi connectivity index (χ0) is 27.2. The average molecular weight is 583 g/mol. The largest absolute Gasteiger partial charge is 0.497 e. The molecule has 1 unspecified atom stereocenters. The Morgan fingerprint density at radius 3 is 2.13 bits per heavy atom. The lowest BCUT2D eigenvalue weighted by atomic mass is 9.98. The standard InChI is InChI=1S/C31H27BrN4O3/c1-38-27-15-7-22(8-16-27)29-19-30(23-5-11-25(32)12-6-23)36(35-29)26-13-3-21(4-14-26)20-33-34-31(37)24-9-17-28(39-2)18-10-24/h3-18,20,30H,19H2,1-2H3,(H,34,37)/b33-20+. The first-order valence-electron chi connectivity index (χ1n) is 12.4. The molecule has 7 nitrogen and oxygen atoms in total. The highest BCUT2D eigenvalue weighted by atomic mass is 79.9. The number of methoxy groups -OCH3 is 2. The van der Waals surface area contributed by atoms with Crippen LogP contribution in [0.2, 0.25) is 0 Å². The minimum atomic E-state index is -0.291. The Morgan fingerprint density at radius 2 is 1.51 bits per heavy atom. The predicted molar refractivity (Wildman–Crippen MR) is 158 cm³/mol. The lowest BCUT2D eigenvalue weighted by Gasteiger charge is -2.24. The van der Waals surface area contributed by atoms with Crippen LogP contribution in [-0.4, -0.2) is 32.1 Å². The number of benzene rings is 4. The van der Waals surface area contributed by atoms with E-state index in [9.17, 15) is 4.79 Å². The van der Waals surface area contributed by atoms with Crippen LogP contribution in [0.4, 0.5) is 5.69 Å². The van der Waals surface area contributed by atoms with E-state index in [2.05, 4.69) is 55.7 Å². The summed E-state index contributed by atoms with van der Waals surface area (Å²) in [7, 11) is 3.25. The van der Waals surface area contributed by atoms with Crippen molar-refractivity contribution in [3.8, 4) is 11.5 Å². The number of carbonyl (C=O) groups excluding carboxylic acids is 1. The van der Waals surface area contributed by atoms with Gasteiger partial charge in [-0.15, -0.1) is 0 Å². The summed E-state index contributed by atoms with van der Waals surface area (Å²) in [6.07, 6.45) is 2.39. The normalized spacial score (nSPS) is 14.8. The smallest absolute Gasteiger partial charge is 0.271 e. The van der Waals surface area contributed by atoms with Gasteiger partial charge in [-0.3, -0.25) is 9.80 Å². The van der Waals surface area contributed by atoms with Crippen molar-refractivity contribution in [3.63, 3.8) is 0 Å². The molecule has 0 aromatic heterocycles. The Morgan fingerprint density at radius 1 is 0.897 bits per heavy atom. The monoisotopic (exact) mass is 582 g/mol. The third kappa shape index (κ3) is 6.18. The molecule has 1 atom stereocenters. The molecule has 4 aromatic rings. The lowest BCUT2D eigenvalue weighted by molar-refractivity contribution is 0.0955. The first kappa shape index (κ1) is 26.2. The minimum absolute atomic E-state index is 0.0542. The van der Waals surface area contributed by atoms with Crippen LogP contribution in [0.5, 0.6) is 11.5 Å². The molecule has 39 heavy (non-hydrogen) atoms. The van der Waals surface area contributed by atoms with Crippen molar-refractivity contribution in [1.29, 1.82) is 0 Å². The maximum atomic E-state index is 12.3. The molecule has 1 amide bonds. The van der Waals surface area contributed by atoms with Crippen LogP contribution in [-0.2, 0) is 0 Å². The second-order valence-corrected chi connectivity index (χ2v) is 9.83. The molecule has 4 aromatic carbocycles. The number of hydrogen-bond acceptors (Lipinski definition) is 6. The number of rotatable bonds is 8. The van der Waals surface area contributed by atoms with Crippen molar-refractivity contribution >= 4 is 39.5 Å². The number of nitrogens with one attached hydrogen (secondary N) is 1. The zero-order valence-electron chi connectivity index (χ0n) is 21.5. The third-order valence-electron chi connectivity index (χ3n) is 6.48. The Hall–Kier alpha value is -4.43. The van der Waals surface area contributed by atoms with Crippen LogP contribution in [0, 0.1) is 0 Å². The molecule has 196 valence electrons. The fourth-order valence-electron chi connectivity index (χ4n) is 4.34. The Bertz CT molecular complexity index is 1480. The molecule has 1 heterocycles. The van der Waals surface area contributed by atoms with Crippen LogP contribution in [0.15, 0.2) is 112 Å². The maximum absolute atomic E-state index is 12.3. The van der Waals surface area contributed by atoms with Gasteiger partial charge in [-0.2, -0.15) is 10.2 Å². The highest BCUT2D eigenvalue weighted by molar-refractivity contribution is 9.10. The lowest BCUT2D eigenvalue weighted by Crippen LogP contribution is -2.18. The molecular weight excluding hydrogens is 556 g/mol. The third-order valence-corrected chi connectivity index (χ3v) is 7.01. The van der Waals surface area contributed by atoms with Gasteiger partial charge in [-0.1, -0.05) is 40.2 Å². The Kier molecular flexibility index (Phi) is 8.03. The van der Waals surface area contributed by atoms with Crippen molar-refractivity contribution in [2.75, 3.05) is 19.2 Å². The van der Waals surface area contributed by atoms with E-state index < -0.39 is 0 Å². The molecule has 0 aliphatic carbocycles. The summed E-state index contributed by atoms with van der Waals surface area (Å²) in [5, 5.41) is 11.2. The van der Waals surface area contributed by atoms with E-state index in [4.69, 9.17) is 14.6 Å². The second-order valence-electron chi connectivity index (χ2n) is 8.91. The van der Waals surface area contributed by atoms with Crippen LogP contribution in [0.25, 0.3) is 0 Å². The number of carbonyl (C=O) groups is 1. The van der Waals surface area contributed by atoms with E-state index in [1.165, 1.54) is 5.56 Å². The van der Waals surface area contributed by atoms with Crippen molar-refractivity contribution < 1.29 is 14.3 Å². The van der Waals surface area contributed by atoms with Gasteiger partial charge in [0.2, 0.25) is 0 Å². The number of anilines is 1. The summed E-state index contributed by atoms with van der Waals surface area (Å²) in [6, 6.07) is 31.2. The van der Waals surface area contributed by atoms with Gasteiger partial charge in [0.1, 0.15) is 11.5 Å². The summed E-state index contributed by atoms with van der Waals surface area (Å²) in [6.45, 7) is 0. The zero-order valence-corrected chi connectivity index (χ0v) is 23.1. The van der Waals surface area contributed by atoms with E-state index in [0.717, 1.165) is 39.2 Å². The highest BCUT2D eigenvalue weighted by Gasteiger charge is 2.30. The van der Waals surface area contributed by atoms with Crippen molar-refractivity contribution in [2.24, 2.45) is 10.2 Å². The van der Waals surface area contributed by atoms with Crippen molar-refractivity contribution in [1.82, 2.24) is 5.43 Å². The summed E-state index contributed by atoms with van der Waals surface area (Å²) < 4.78 is 11.5. The summed E-state index contributed by atoms with van der Waals surface area (Å²) in [5.41, 5.74) is 8.14. The van der Waals surface area contributed by atoms with Gasteiger partial charge in [-0.25, -0.2) is 5.43 Å². The number of amides is 1. The van der Waals surface area contributed by atoms with E-state index in [-0.39, 0.29) is 11.9 Å². The van der Waals surface area contributed by atoms with Gasteiger partial charge in [-0.05, 0) is 89.5 Å². The second kappa shape index (κ2) is 12.0. The van der Waals surface area contributed by atoms with Gasteiger partial charge < -0.3 is 9.47 Å². The topological polar surface area (TPSA) is 75.5 Å². The number of hydrogen-bond donors (Lipinski definition) is 1. The van der Waals surface area contributed by atoms with Gasteiger partial charge in [0, 0.05) is 16.5 Å². The average Bonchev–Trinajstić information content (AvgIpc) is 3.43. The number of nitrogens with zero attached hydrogens (tertiary/aromatic N) is 3. The van der Waals surface area contributed by atoms with Crippen molar-refractivity contribution in [2.45, 2.75) is 12.5 Å². The SMILES string of the molecule is COc1ccc(C(=O)N/N=C/c2ccc(N3N=C(c4ccc(OC)cc4)CC3c3ccc(Br)cc3)cc2)cc1. The predicted octanol–water partition coefficient (Wildman–Crippen LogP) is 6.59. The van der Waals surface area contributed by atoms with E-state index in [0.29, 0.717) is 11.3 Å². The molecular formula is C31H27BrN4O3. The summed E-state index contributed by atoms with van der Waals surface area (Å²) >= 11 is 3.53. The van der Waals surface area contributed by atoms with Crippen LogP contribution in [0.3, 0.4) is 0 Å². The molecule has 1 aliphatic heterocycles. The number of ether oxygens (including phenoxy) is 2. The van der Waals surface area contributed by atoms with Gasteiger partial charge in [0.15, 0.2) is 0 Å². The summed E-state index contributed by atoms with van der Waals surface area (Å²) in [4.78, 5) is 12.3. The Labute approximate surface area is 235 Å². The Balaban J connectivity index is 1.33. The summed E-state index contributed by atoms with van der Waals surface area (Å²) in [5.74, 6) is 1.22. The molecule has 0 radical (unpaired) electrons. The molecule has 0 fully saturated rings. The first-order chi connectivity index (χ1) is 19.0. The van der Waals surface area contributed by atoms with Crippen LogP contribution < -0.4 is 19.9 Å². The van der Waals surface area contributed by atoms with Gasteiger partial charge >= 0.3 is 0 Å². The molecule has 1 aliphatic rings. The molecule has 5 rings (SSSR count). The van der Waals surface area contributed by atoms with E-state index in [1.54, 1.807) is 44.7 Å². The van der Waals surface area contributed by atoms with Crippen LogP contribution in [0.1, 0.15) is 39.5 Å². The fraction of sp³-hybridized carbons (Fsp3) is 0.129. The molecule has 0 bridgehead atoms.